The molecule has 0 bridgehead atoms. The number of Topliss-reactive ketones (excluding diaryl/α,β-unsaturated/α-hetero) is 1. The van der Waals surface area contributed by atoms with E-state index >= 15 is 0 Å². The smallest absolute Gasteiger partial charge is 0.168 e. The van der Waals surface area contributed by atoms with Crippen molar-refractivity contribution in [1.82, 2.24) is 20.2 Å². The number of aromatic amines is 2. The number of imidazole rings is 1. The van der Waals surface area contributed by atoms with E-state index in [1.165, 1.54) is 7.11 Å². The molecule has 130 valence electrons. The molecule has 6 nitrogen and oxygen atoms in total. The largest absolute Gasteiger partial charge is 0.495 e. The van der Waals surface area contributed by atoms with Crippen molar-refractivity contribution in [3.63, 3.8) is 0 Å². The number of methoxy groups -OCH3 is 1. The van der Waals surface area contributed by atoms with Crippen molar-refractivity contribution in [2.24, 2.45) is 0 Å². The van der Waals surface area contributed by atoms with Gasteiger partial charge in [-0.15, -0.1) is 0 Å². The molecule has 0 fully saturated rings. The third-order valence-corrected chi connectivity index (χ3v) is 4.38. The molecule has 0 amide bonds. The lowest BCUT2D eigenvalue weighted by atomic mass is 10.1. The first kappa shape index (κ1) is 16.4. The molecule has 0 spiro atoms. The van der Waals surface area contributed by atoms with Crippen molar-refractivity contribution >= 4 is 28.4 Å². The number of hydrogen-bond donors (Lipinski definition) is 2. The summed E-state index contributed by atoms with van der Waals surface area (Å²) < 4.78 is 5.11. The number of ether oxygens (including phenoxy) is 1. The molecule has 0 radical (unpaired) electrons. The summed E-state index contributed by atoms with van der Waals surface area (Å²) in [5, 5.41) is 7.56. The van der Waals surface area contributed by atoms with Crippen LogP contribution in [0.1, 0.15) is 16.1 Å². The number of nitrogens with one attached hydrogen (secondary N) is 2. The van der Waals surface area contributed by atoms with Gasteiger partial charge in [-0.1, -0.05) is 23.7 Å². The van der Waals surface area contributed by atoms with Gasteiger partial charge in [-0.25, -0.2) is 4.98 Å². The highest BCUT2D eigenvalue weighted by molar-refractivity contribution is 6.32. The third kappa shape index (κ3) is 3.07. The highest BCUT2D eigenvalue weighted by Crippen LogP contribution is 2.26. The van der Waals surface area contributed by atoms with Gasteiger partial charge in [0.15, 0.2) is 11.6 Å². The van der Waals surface area contributed by atoms with Crippen molar-refractivity contribution in [1.29, 1.82) is 0 Å². The second-order valence-corrected chi connectivity index (χ2v) is 6.24. The van der Waals surface area contributed by atoms with E-state index in [1.54, 1.807) is 18.2 Å². The van der Waals surface area contributed by atoms with Crippen molar-refractivity contribution < 1.29 is 9.53 Å². The third-order valence-electron chi connectivity index (χ3n) is 4.09. The topological polar surface area (TPSA) is 83.7 Å². The molecule has 0 aliphatic carbocycles. The zero-order chi connectivity index (χ0) is 18.1. The van der Waals surface area contributed by atoms with E-state index in [2.05, 4.69) is 20.2 Å². The number of carbonyl (C=O) groups excluding carboxylic acids is 1. The van der Waals surface area contributed by atoms with E-state index < -0.39 is 0 Å². The zero-order valence-corrected chi connectivity index (χ0v) is 14.7. The van der Waals surface area contributed by atoms with Gasteiger partial charge in [-0.05, 0) is 36.4 Å². The minimum absolute atomic E-state index is 0.0608. The predicted octanol–water partition coefficient (Wildman–Crippen LogP) is 4.04. The molecule has 0 aliphatic rings. The molecule has 2 aromatic heterocycles. The Kier molecular flexibility index (Phi) is 4.18. The quantitative estimate of drug-likeness (QED) is 0.522. The standard InChI is InChI=1S/C19H15ClN4O2/c1-26-18-7-6-11(8-13(18)20)17(25)10-12-9-16(24-23-12)19-21-14-4-2-3-5-15(14)22-19/h2-9H,10H2,1H3,(H,21,22)(H,23,24). The van der Waals surface area contributed by atoms with Gasteiger partial charge in [0.05, 0.1) is 29.6 Å². The van der Waals surface area contributed by atoms with Crippen LogP contribution in [0.25, 0.3) is 22.6 Å². The maximum Gasteiger partial charge on any atom is 0.168 e. The molecule has 4 aromatic rings. The Bertz CT molecular complexity index is 1070. The fourth-order valence-corrected chi connectivity index (χ4v) is 3.02. The van der Waals surface area contributed by atoms with E-state index in [0.29, 0.717) is 33.5 Å². The van der Waals surface area contributed by atoms with Gasteiger partial charge in [-0.2, -0.15) is 5.10 Å². The Balaban J connectivity index is 1.54. The van der Waals surface area contributed by atoms with Crippen LogP contribution in [0.4, 0.5) is 0 Å². The average molecular weight is 367 g/mol. The maximum atomic E-state index is 12.5. The number of halogens is 1. The Morgan fingerprint density at radius 1 is 1.19 bits per heavy atom. The molecule has 0 atom stereocenters. The first-order valence-electron chi connectivity index (χ1n) is 8.00. The summed E-state index contributed by atoms with van der Waals surface area (Å²) in [4.78, 5) is 20.2. The number of benzene rings is 2. The van der Waals surface area contributed by atoms with Crippen LogP contribution in [0.5, 0.6) is 5.75 Å². The number of carbonyl (C=O) groups is 1. The Labute approximate surface area is 154 Å². The first-order valence-corrected chi connectivity index (χ1v) is 8.38. The Morgan fingerprint density at radius 3 is 2.81 bits per heavy atom. The van der Waals surface area contributed by atoms with Crippen LogP contribution in [0.15, 0.2) is 48.5 Å². The van der Waals surface area contributed by atoms with Crippen molar-refractivity contribution in [2.75, 3.05) is 7.11 Å². The number of H-pyrrole nitrogens is 2. The molecular weight excluding hydrogens is 352 g/mol. The number of hydrogen-bond acceptors (Lipinski definition) is 4. The lowest BCUT2D eigenvalue weighted by molar-refractivity contribution is 0.0992. The molecule has 2 N–H and O–H groups in total. The monoisotopic (exact) mass is 366 g/mol. The predicted molar refractivity (Wildman–Crippen MR) is 99.7 cm³/mol. The normalized spacial score (nSPS) is 11.0. The van der Waals surface area contributed by atoms with E-state index in [1.807, 2.05) is 30.3 Å². The summed E-state index contributed by atoms with van der Waals surface area (Å²) in [6, 6.07) is 14.6. The Morgan fingerprint density at radius 2 is 2.04 bits per heavy atom. The molecule has 26 heavy (non-hydrogen) atoms. The summed E-state index contributed by atoms with van der Waals surface area (Å²) in [6.07, 6.45) is 0.190. The number of rotatable bonds is 5. The Hall–Kier alpha value is -3.12. The SMILES string of the molecule is COc1ccc(C(=O)Cc2cc(-c3nc4ccccc4[nH]3)n[nH]2)cc1Cl. The van der Waals surface area contributed by atoms with Crippen LogP contribution >= 0.6 is 11.6 Å². The molecule has 4 rings (SSSR count). The van der Waals surface area contributed by atoms with Crippen molar-refractivity contribution in [3.8, 4) is 17.3 Å². The molecule has 2 aromatic carbocycles. The summed E-state index contributed by atoms with van der Waals surface area (Å²) >= 11 is 6.09. The minimum atomic E-state index is -0.0608. The molecule has 0 saturated heterocycles. The van der Waals surface area contributed by atoms with Gasteiger partial charge >= 0.3 is 0 Å². The van der Waals surface area contributed by atoms with Gasteiger partial charge < -0.3 is 9.72 Å². The first-order chi connectivity index (χ1) is 12.6. The van der Waals surface area contributed by atoms with Gasteiger partial charge in [0.1, 0.15) is 11.4 Å². The summed E-state index contributed by atoms with van der Waals surface area (Å²) in [7, 11) is 1.53. The second-order valence-electron chi connectivity index (χ2n) is 5.83. The number of ketones is 1. The molecule has 0 saturated carbocycles. The highest BCUT2D eigenvalue weighted by atomic mass is 35.5. The second kappa shape index (κ2) is 6.65. The number of fused-ring (bicyclic) bond motifs is 1. The van der Waals surface area contributed by atoms with Crippen LogP contribution < -0.4 is 4.74 Å². The van der Waals surface area contributed by atoms with Gasteiger partial charge in [0, 0.05) is 11.3 Å². The van der Waals surface area contributed by atoms with Crippen LogP contribution in [-0.4, -0.2) is 33.1 Å². The molecule has 0 unspecified atom stereocenters. The van der Waals surface area contributed by atoms with Crippen LogP contribution in [0, 0.1) is 0 Å². The van der Waals surface area contributed by atoms with Crippen LogP contribution in [0.3, 0.4) is 0 Å². The molecule has 0 aliphatic heterocycles. The highest BCUT2D eigenvalue weighted by Gasteiger charge is 2.14. The minimum Gasteiger partial charge on any atom is -0.495 e. The van der Waals surface area contributed by atoms with E-state index in [-0.39, 0.29) is 12.2 Å². The summed E-state index contributed by atoms with van der Waals surface area (Å²) in [5.41, 5.74) is 3.71. The van der Waals surface area contributed by atoms with Crippen LogP contribution in [0.2, 0.25) is 5.02 Å². The van der Waals surface area contributed by atoms with E-state index in [9.17, 15) is 4.79 Å². The number of para-hydroxylation sites is 2. The van der Waals surface area contributed by atoms with Crippen molar-refractivity contribution in [2.45, 2.75) is 6.42 Å². The average Bonchev–Trinajstić information content (AvgIpc) is 3.28. The summed E-state index contributed by atoms with van der Waals surface area (Å²) in [5.74, 6) is 1.14. The van der Waals surface area contributed by atoms with E-state index in [0.717, 1.165) is 11.0 Å². The van der Waals surface area contributed by atoms with Crippen molar-refractivity contribution in [3.05, 3.63) is 64.8 Å². The number of aromatic nitrogens is 4. The summed E-state index contributed by atoms with van der Waals surface area (Å²) in [6.45, 7) is 0. The lowest BCUT2D eigenvalue weighted by Gasteiger charge is -2.04. The lowest BCUT2D eigenvalue weighted by Crippen LogP contribution is -2.04. The fourth-order valence-electron chi connectivity index (χ4n) is 2.76. The van der Waals surface area contributed by atoms with Gasteiger partial charge in [0.2, 0.25) is 0 Å². The molecule has 2 heterocycles. The van der Waals surface area contributed by atoms with Gasteiger partial charge in [-0.3, -0.25) is 9.89 Å². The van der Waals surface area contributed by atoms with Gasteiger partial charge in [0.25, 0.3) is 0 Å². The molecular formula is C19H15ClN4O2. The molecule has 7 heteroatoms. The zero-order valence-electron chi connectivity index (χ0n) is 13.9. The maximum absolute atomic E-state index is 12.5. The van der Waals surface area contributed by atoms with Crippen LogP contribution in [-0.2, 0) is 6.42 Å². The van der Waals surface area contributed by atoms with E-state index in [4.69, 9.17) is 16.3 Å². The fraction of sp³-hybridized carbons (Fsp3) is 0.105. The number of nitrogens with zero attached hydrogens (tertiary/aromatic N) is 2.